The van der Waals surface area contributed by atoms with Gasteiger partial charge >= 0.3 is 5.97 Å². The standard InChI is InChI=1S/C13H19N3O3/c14-12(17)5-9-15-7-3-10(4-8-15)16-6-1-2-11(16)13(18)19/h1-2,6,10H,3-5,7-9H2,(H2,14,17)(H,18,19). The molecule has 1 aliphatic rings. The van der Waals surface area contributed by atoms with E-state index in [9.17, 15) is 9.59 Å². The van der Waals surface area contributed by atoms with E-state index in [-0.39, 0.29) is 11.9 Å². The molecule has 6 nitrogen and oxygen atoms in total. The second-order valence-electron chi connectivity index (χ2n) is 4.89. The number of carbonyl (C=O) groups is 2. The number of carboxylic acids is 1. The molecule has 2 heterocycles. The fraction of sp³-hybridized carbons (Fsp3) is 0.538. The Morgan fingerprint density at radius 2 is 2.05 bits per heavy atom. The van der Waals surface area contributed by atoms with Crippen molar-refractivity contribution in [3.05, 3.63) is 24.0 Å². The largest absolute Gasteiger partial charge is 0.477 e. The van der Waals surface area contributed by atoms with Crippen LogP contribution in [0.25, 0.3) is 0 Å². The third-order valence-electron chi connectivity index (χ3n) is 3.62. The van der Waals surface area contributed by atoms with E-state index in [1.54, 1.807) is 12.1 Å². The molecule has 0 unspecified atom stereocenters. The molecule has 3 N–H and O–H groups in total. The van der Waals surface area contributed by atoms with Crippen LogP contribution in [-0.4, -0.2) is 46.1 Å². The molecule has 0 saturated carbocycles. The Balaban J connectivity index is 1.91. The highest BCUT2D eigenvalue weighted by atomic mass is 16.4. The van der Waals surface area contributed by atoms with Gasteiger partial charge in [0, 0.05) is 38.3 Å². The second kappa shape index (κ2) is 5.88. The van der Waals surface area contributed by atoms with E-state index in [0.29, 0.717) is 18.7 Å². The summed E-state index contributed by atoms with van der Waals surface area (Å²) in [6.07, 6.45) is 4.00. The van der Waals surface area contributed by atoms with E-state index < -0.39 is 5.97 Å². The molecule has 1 fully saturated rings. The molecule has 0 spiro atoms. The molecule has 1 amide bonds. The molecule has 0 aromatic carbocycles. The number of nitrogens with zero attached hydrogens (tertiary/aromatic N) is 2. The van der Waals surface area contributed by atoms with Gasteiger partial charge in [0.15, 0.2) is 0 Å². The van der Waals surface area contributed by atoms with Crippen molar-refractivity contribution in [1.82, 2.24) is 9.47 Å². The normalized spacial score (nSPS) is 17.5. The molecule has 0 radical (unpaired) electrons. The van der Waals surface area contributed by atoms with Crippen molar-refractivity contribution in [3.8, 4) is 0 Å². The van der Waals surface area contributed by atoms with Crippen molar-refractivity contribution in [3.63, 3.8) is 0 Å². The van der Waals surface area contributed by atoms with Gasteiger partial charge in [-0.3, -0.25) is 4.79 Å². The lowest BCUT2D eigenvalue weighted by Gasteiger charge is -2.33. The first-order valence-corrected chi connectivity index (χ1v) is 6.48. The molecule has 0 atom stereocenters. The minimum atomic E-state index is -0.888. The van der Waals surface area contributed by atoms with Gasteiger partial charge in [0.05, 0.1) is 0 Å². The van der Waals surface area contributed by atoms with Crippen LogP contribution in [0.4, 0.5) is 0 Å². The molecule has 0 aliphatic carbocycles. The average molecular weight is 265 g/mol. The average Bonchev–Trinajstić information content (AvgIpc) is 2.86. The van der Waals surface area contributed by atoms with Crippen molar-refractivity contribution in [1.29, 1.82) is 0 Å². The van der Waals surface area contributed by atoms with Crippen LogP contribution in [0.5, 0.6) is 0 Å². The molecule has 1 aromatic rings. The van der Waals surface area contributed by atoms with Crippen molar-refractivity contribution in [2.45, 2.75) is 25.3 Å². The quantitative estimate of drug-likeness (QED) is 0.820. The van der Waals surface area contributed by atoms with Gasteiger partial charge in [0.1, 0.15) is 5.69 Å². The number of amides is 1. The summed E-state index contributed by atoms with van der Waals surface area (Å²) in [6.45, 7) is 2.43. The Hall–Kier alpha value is -1.82. The summed E-state index contributed by atoms with van der Waals surface area (Å²) in [7, 11) is 0. The summed E-state index contributed by atoms with van der Waals surface area (Å²) in [5.41, 5.74) is 5.48. The summed E-state index contributed by atoms with van der Waals surface area (Å²) in [5, 5.41) is 9.10. The SMILES string of the molecule is NC(=O)CCN1CCC(n2cccc2C(=O)O)CC1. The third kappa shape index (κ3) is 3.35. The van der Waals surface area contributed by atoms with Crippen LogP contribution in [0.15, 0.2) is 18.3 Å². The number of likely N-dealkylation sites (tertiary alicyclic amines) is 1. The number of hydrogen-bond acceptors (Lipinski definition) is 3. The number of hydrogen-bond donors (Lipinski definition) is 2. The molecular formula is C13H19N3O3. The fourth-order valence-corrected chi connectivity index (χ4v) is 2.58. The fourth-order valence-electron chi connectivity index (χ4n) is 2.58. The predicted octanol–water partition coefficient (Wildman–Crippen LogP) is 0.699. The number of carboxylic acid groups (broad SMARTS) is 1. The first-order valence-electron chi connectivity index (χ1n) is 6.48. The van der Waals surface area contributed by atoms with Gasteiger partial charge in [-0.1, -0.05) is 0 Å². The first-order chi connectivity index (χ1) is 9.08. The van der Waals surface area contributed by atoms with Gasteiger partial charge in [-0.15, -0.1) is 0 Å². The van der Waals surface area contributed by atoms with E-state index in [0.717, 1.165) is 25.9 Å². The van der Waals surface area contributed by atoms with Crippen LogP contribution >= 0.6 is 0 Å². The second-order valence-corrected chi connectivity index (χ2v) is 4.89. The minimum absolute atomic E-state index is 0.228. The molecule has 1 aliphatic heterocycles. The number of aromatic carboxylic acids is 1. The summed E-state index contributed by atoms with van der Waals surface area (Å²) >= 11 is 0. The molecular weight excluding hydrogens is 246 g/mol. The Morgan fingerprint density at radius 1 is 1.37 bits per heavy atom. The Labute approximate surface area is 111 Å². The molecule has 6 heteroatoms. The van der Waals surface area contributed by atoms with Gasteiger partial charge < -0.3 is 20.3 Å². The van der Waals surface area contributed by atoms with Crippen molar-refractivity contribution < 1.29 is 14.7 Å². The molecule has 0 bridgehead atoms. The zero-order chi connectivity index (χ0) is 13.8. The number of carbonyl (C=O) groups excluding carboxylic acids is 1. The highest BCUT2D eigenvalue weighted by molar-refractivity contribution is 5.85. The predicted molar refractivity (Wildman–Crippen MR) is 69.9 cm³/mol. The highest BCUT2D eigenvalue weighted by Crippen LogP contribution is 2.24. The monoisotopic (exact) mass is 265 g/mol. The van der Waals surface area contributed by atoms with Gasteiger partial charge in [-0.05, 0) is 25.0 Å². The van der Waals surface area contributed by atoms with E-state index in [4.69, 9.17) is 10.8 Å². The minimum Gasteiger partial charge on any atom is -0.477 e. The van der Waals surface area contributed by atoms with Crippen LogP contribution < -0.4 is 5.73 Å². The number of nitrogens with two attached hydrogens (primary N) is 1. The van der Waals surface area contributed by atoms with Gasteiger partial charge in [-0.2, -0.15) is 0 Å². The van der Waals surface area contributed by atoms with Crippen LogP contribution in [-0.2, 0) is 4.79 Å². The summed E-state index contributed by atoms with van der Waals surface area (Å²) in [6, 6.07) is 3.62. The molecule has 104 valence electrons. The molecule has 2 rings (SSSR count). The lowest BCUT2D eigenvalue weighted by molar-refractivity contribution is -0.118. The number of rotatable bonds is 5. The maximum absolute atomic E-state index is 11.1. The van der Waals surface area contributed by atoms with Gasteiger partial charge in [-0.25, -0.2) is 4.79 Å². The van der Waals surface area contributed by atoms with Gasteiger partial charge in [0.2, 0.25) is 5.91 Å². The third-order valence-corrected chi connectivity index (χ3v) is 3.62. The van der Waals surface area contributed by atoms with Crippen molar-refractivity contribution in [2.24, 2.45) is 5.73 Å². The smallest absolute Gasteiger partial charge is 0.352 e. The van der Waals surface area contributed by atoms with Crippen LogP contribution in [0.3, 0.4) is 0 Å². The topological polar surface area (TPSA) is 88.6 Å². The van der Waals surface area contributed by atoms with Crippen molar-refractivity contribution in [2.75, 3.05) is 19.6 Å². The Morgan fingerprint density at radius 3 is 2.63 bits per heavy atom. The zero-order valence-electron chi connectivity index (χ0n) is 10.8. The highest BCUT2D eigenvalue weighted by Gasteiger charge is 2.23. The maximum Gasteiger partial charge on any atom is 0.352 e. The molecule has 1 aromatic heterocycles. The zero-order valence-corrected chi connectivity index (χ0v) is 10.8. The lowest BCUT2D eigenvalue weighted by Crippen LogP contribution is -2.37. The summed E-state index contributed by atoms with van der Waals surface area (Å²) in [4.78, 5) is 24.0. The number of aromatic nitrogens is 1. The van der Waals surface area contributed by atoms with E-state index in [1.165, 1.54) is 0 Å². The van der Waals surface area contributed by atoms with E-state index >= 15 is 0 Å². The van der Waals surface area contributed by atoms with Crippen LogP contribution in [0, 0.1) is 0 Å². The molecule has 1 saturated heterocycles. The van der Waals surface area contributed by atoms with E-state index in [2.05, 4.69) is 4.90 Å². The van der Waals surface area contributed by atoms with Gasteiger partial charge in [0.25, 0.3) is 0 Å². The lowest BCUT2D eigenvalue weighted by atomic mass is 10.0. The van der Waals surface area contributed by atoms with Crippen LogP contribution in [0.1, 0.15) is 35.8 Å². The number of piperidine rings is 1. The van der Waals surface area contributed by atoms with E-state index in [1.807, 2.05) is 10.8 Å². The first kappa shape index (κ1) is 13.6. The Bertz CT molecular complexity index is 461. The van der Waals surface area contributed by atoms with Crippen LogP contribution in [0.2, 0.25) is 0 Å². The summed E-state index contributed by atoms with van der Waals surface area (Å²) in [5.74, 6) is -1.16. The molecule has 19 heavy (non-hydrogen) atoms. The summed E-state index contributed by atoms with van der Waals surface area (Å²) < 4.78 is 1.84. The Kier molecular flexibility index (Phi) is 4.21. The van der Waals surface area contributed by atoms with Crippen molar-refractivity contribution >= 4 is 11.9 Å². The maximum atomic E-state index is 11.1. The number of primary amides is 1.